The molecule has 0 radical (unpaired) electrons. The minimum Gasteiger partial charge on any atom is -0.377 e. The second kappa shape index (κ2) is 5.05. The van der Waals surface area contributed by atoms with Gasteiger partial charge in [-0.25, -0.2) is 0 Å². The van der Waals surface area contributed by atoms with Gasteiger partial charge in [0.15, 0.2) is 0 Å². The molecule has 0 saturated carbocycles. The van der Waals surface area contributed by atoms with Gasteiger partial charge in [-0.2, -0.15) is 0 Å². The highest BCUT2D eigenvalue weighted by atomic mass is 16.5. The molecule has 0 amide bonds. The molecule has 0 aromatic rings. The Labute approximate surface area is 101 Å². The monoisotopic (exact) mass is 227 g/mol. The molecule has 1 fully saturated rings. The summed E-state index contributed by atoms with van der Waals surface area (Å²) >= 11 is 0. The first kappa shape index (κ1) is 14.0. The molecule has 1 rings (SSSR count). The van der Waals surface area contributed by atoms with Crippen molar-refractivity contribution in [2.45, 2.75) is 66.0 Å². The minimum absolute atomic E-state index is 0.208. The van der Waals surface area contributed by atoms with Gasteiger partial charge in [0.2, 0.25) is 0 Å². The molecule has 96 valence electrons. The van der Waals surface area contributed by atoms with E-state index < -0.39 is 0 Å². The Morgan fingerprint density at radius 2 is 1.75 bits per heavy atom. The normalized spacial score (nSPS) is 28.1. The second-order valence-corrected chi connectivity index (χ2v) is 7.19. The van der Waals surface area contributed by atoms with Gasteiger partial charge in [0.1, 0.15) is 0 Å². The van der Waals surface area contributed by atoms with Crippen molar-refractivity contribution in [1.29, 1.82) is 0 Å². The minimum atomic E-state index is 0.208. The van der Waals surface area contributed by atoms with Crippen LogP contribution >= 0.6 is 0 Å². The third-order valence-corrected chi connectivity index (χ3v) is 3.19. The molecule has 0 spiro atoms. The predicted molar refractivity (Wildman–Crippen MR) is 69.7 cm³/mol. The van der Waals surface area contributed by atoms with E-state index in [1.807, 2.05) is 0 Å². The number of hydrogen-bond donors (Lipinski definition) is 1. The van der Waals surface area contributed by atoms with E-state index >= 15 is 0 Å². The van der Waals surface area contributed by atoms with Gasteiger partial charge < -0.3 is 10.1 Å². The van der Waals surface area contributed by atoms with Crippen LogP contribution in [0.5, 0.6) is 0 Å². The first-order valence-electron chi connectivity index (χ1n) is 6.57. The third-order valence-electron chi connectivity index (χ3n) is 3.19. The molecule has 2 unspecified atom stereocenters. The number of hydrogen-bond acceptors (Lipinski definition) is 2. The molecular formula is C14H29NO. The molecule has 16 heavy (non-hydrogen) atoms. The summed E-state index contributed by atoms with van der Waals surface area (Å²) in [6.45, 7) is 15.5. The van der Waals surface area contributed by atoms with Gasteiger partial charge in [0.05, 0.1) is 6.10 Å². The molecule has 1 N–H and O–H groups in total. The van der Waals surface area contributed by atoms with Crippen molar-refractivity contribution in [2.75, 3.05) is 13.2 Å². The van der Waals surface area contributed by atoms with E-state index in [9.17, 15) is 0 Å². The lowest BCUT2D eigenvalue weighted by atomic mass is 9.78. The third kappa shape index (κ3) is 4.42. The van der Waals surface area contributed by atoms with Gasteiger partial charge in [-0.3, -0.25) is 0 Å². The fourth-order valence-electron chi connectivity index (χ4n) is 2.45. The van der Waals surface area contributed by atoms with Gasteiger partial charge in [0.25, 0.3) is 0 Å². The fraction of sp³-hybridized carbons (Fsp3) is 1.00. The van der Waals surface area contributed by atoms with Crippen LogP contribution in [0.1, 0.15) is 54.4 Å². The van der Waals surface area contributed by atoms with E-state index in [4.69, 9.17) is 4.74 Å². The molecular weight excluding hydrogens is 198 g/mol. The molecule has 1 aliphatic rings. The molecule has 0 aromatic heterocycles. The molecule has 1 aliphatic heterocycles. The number of nitrogens with one attached hydrogen (secondary N) is 1. The van der Waals surface area contributed by atoms with Crippen LogP contribution in [0.4, 0.5) is 0 Å². The van der Waals surface area contributed by atoms with E-state index in [1.165, 1.54) is 12.8 Å². The Bertz CT molecular complexity index is 212. The van der Waals surface area contributed by atoms with Crippen LogP contribution in [0, 0.1) is 11.3 Å². The van der Waals surface area contributed by atoms with E-state index in [2.05, 4.69) is 46.9 Å². The molecule has 2 heteroatoms. The summed E-state index contributed by atoms with van der Waals surface area (Å²) < 4.78 is 5.98. The standard InChI is InChI=1S/C14H29NO/c1-13(2,3)12-11(8-7-9-16-12)10-15-14(4,5)6/h11-12,15H,7-10H2,1-6H3. The Hall–Kier alpha value is -0.0800. The Balaban J connectivity index is 2.54. The first-order chi connectivity index (χ1) is 7.20. The van der Waals surface area contributed by atoms with E-state index in [0.717, 1.165) is 13.2 Å². The average Bonchev–Trinajstić information content (AvgIpc) is 2.12. The molecule has 0 aliphatic carbocycles. The van der Waals surface area contributed by atoms with Crippen LogP contribution in [0.2, 0.25) is 0 Å². The summed E-state index contributed by atoms with van der Waals surface area (Å²) in [5, 5.41) is 3.61. The highest BCUT2D eigenvalue weighted by molar-refractivity contribution is 4.86. The molecule has 0 aromatic carbocycles. The summed E-state index contributed by atoms with van der Waals surface area (Å²) in [6, 6.07) is 0. The topological polar surface area (TPSA) is 21.3 Å². The molecule has 1 heterocycles. The number of rotatable bonds is 2. The highest BCUT2D eigenvalue weighted by Crippen LogP contribution is 2.33. The second-order valence-electron chi connectivity index (χ2n) is 7.19. The highest BCUT2D eigenvalue weighted by Gasteiger charge is 2.35. The molecule has 0 bridgehead atoms. The van der Waals surface area contributed by atoms with Crippen molar-refractivity contribution in [2.24, 2.45) is 11.3 Å². The summed E-state index contributed by atoms with van der Waals surface area (Å²) in [7, 11) is 0. The maximum absolute atomic E-state index is 5.98. The van der Waals surface area contributed by atoms with Gasteiger partial charge in [-0.1, -0.05) is 20.8 Å². The SMILES string of the molecule is CC(C)(C)NCC1CCCOC1C(C)(C)C. The Morgan fingerprint density at radius 1 is 1.12 bits per heavy atom. The molecule has 2 nitrogen and oxygen atoms in total. The van der Waals surface area contributed by atoms with Gasteiger partial charge in [0, 0.05) is 18.7 Å². The maximum Gasteiger partial charge on any atom is 0.0663 e. The quantitative estimate of drug-likeness (QED) is 0.782. The fourth-order valence-corrected chi connectivity index (χ4v) is 2.45. The van der Waals surface area contributed by atoms with Crippen molar-refractivity contribution < 1.29 is 4.74 Å². The zero-order chi connectivity index (χ0) is 12.4. The lowest BCUT2D eigenvalue weighted by Gasteiger charge is -2.41. The van der Waals surface area contributed by atoms with Gasteiger partial charge >= 0.3 is 0 Å². The molecule has 1 saturated heterocycles. The predicted octanol–water partition coefficient (Wildman–Crippen LogP) is 3.22. The van der Waals surface area contributed by atoms with Gasteiger partial charge in [-0.05, 0) is 44.9 Å². The summed E-state index contributed by atoms with van der Waals surface area (Å²) in [4.78, 5) is 0. The zero-order valence-corrected chi connectivity index (χ0v) is 11.9. The van der Waals surface area contributed by atoms with Crippen molar-refractivity contribution in [3.05, 3.63) is 0 Å². The van der Waals surface area contributed by atoms with Gasteiger partial charge in [-0.15, -0.1) is 0 Å². The summed E-state index contributed by atoms with van der Waals surface area (Å²) in [5.41, 5.74) is 0.463. The number of ether oxygens (including phenoxy) is 1. The van der Waals surface area contributed by atoms with Crippen LogP contribution in [0.25, 0.3) is 0 Å². The Morgan fingerprint density at radius 3 is 2.25 bits per heavy atom. The molecule has 2 atom stereocenters. The van der Waals surface area contributed by atoms with Crippen molar-refractivity contribution in [3.8, 4) is 0 Å². The lowest BCUT2D eigenvalue weighted by Crippen LogP contribution is -2.47. The largest absolute Gasteiger partial charge is 0.377 e. The van der Waals surface area contributed by atoms with Crippen LogP contribution in [0.3, 0.4) is 0 Å². The average molecular weight is 227 g/mol. The lowest BCUT2D eigenvalue weighted by molar-refractivity contribution is -0.0854. The van der Waals surface area contributed by atoms with Crippen molar-refractivity contribution >= 4 is 0 Å². The zero-order valence-electron chi connectivity index (χ0n) is 11.9. The van der Waals surface area contributed by atoms with E-state index in [-0.39, 0.29) is 11.0 Å². The van der Waals surface area contributed by atoms with E-state index in [0.29, 0.717) is 12.0 Å². The van der Waals surface area contributed by atoms with E-state index in [1.54, 1.807) is 0 Å². The summed E-state index contributed by atoms with van der Waals surface area (Å²) in [6.07, 6.45) is 2.91. The van der Waals surface area contributed by atoms with Crippen LogP contribution in [-0.4, -0.2) is 24.8 Å². The van der Waals surface area contributed by atoms with Crippen LogP contribution in [0.15, 0.2) is 0 Å². The van der Waals surface area contributed by atoms with Crippen molar-refractivity contribution in [1.82, 2.24) is 5.32 Å². The smallest absolute Gasteiger partial charge is 0.0663 e. The van der Waals surface area contributed by atoms with Crippen molar-refractivity contribution in [3.63, 3.8) is 0 Å². The van der Waals surface area contributed by atoms with Crippen LogP contribution < -0.4 is 5.32 Å². The van der Waals surface area contributed by atoms with Crippen LogP contribution in [-0.2, 0) is 4.74 Å². The Kier molecular flexibility index (Phi) is 4.42. The first-order valence-corrected chi connectivity index (χ1v) is 6.57. The maximum atomic E-state index is 5.98. The summed E-state index contributed by atoms with van der Waals surface area (Å²) in [5.74, 6) is 0.660.